The molecule has 3 aromatic rings. The molecule has 0 unspecified atom stereocenters. The summed E-state index contributed by atoms with van der Waals surface area (Å²) in [6.45, 7) is 1.89. The van der Waals surface area contributed by atoms with Crippen LogP contribution in [-0.4, -0.2) is 41.4 Å². The van der Waals surface area contributed by atoms with E-state index in [4.69, 9.17) is 4.74 Å². The Bertz CT molecular complexity index is 1040. The van der Waals surface area contributed by atoms with E-state index in [1.54, 1.807) is 66.7 Å². The van der Waals surface area contributed by atoms with Gasteiger partial charge in [-0.2, -0.15) is 0 Å². The Balaban J connectivity index is 2.29. The minimum atomic E-state index is -1.66. The van der Waals surface area contributed by atoms with E-state index in [9.17, 15) is 24.6 Å². The molecule has 0 heterocycles. The Labute approximate surface area is 197 Å². The summed E-state index contributed by atoms with van der Waals surface area (Å²) < 4.78 is 5.37. The molecule has 3 rings (SSSR count). The fourth-order valence-electron chi connectivity index (χ4n) is 3.39. The highest BCUT2D eigenvalue weighted by Gasteiger charge is 2.42. The van der Waals surface area contributed by atoms with Gasteiger partial charge in [0.15, 0.2) is 0 Å². The van der Waals surface area contributed by atoms with Crippen molar-refractivity contribution in [3.63, 3.8) is 0 Å². The smallest absolute Gasteiger partial charge is 0.417 e. The Hall–Kier alpha value is -4.53. The van der Waals surface area contributed by atoms with E-state index in [0.717, 1.165) is 14.7 Å². The number of carbonyl (C=O) groups excluding carboxylic acids is 1. The highest BCUT2D eigenvalue weighted by Crippen LogP contribution is 2.30. The summed E-state index contributed by atoms with van der Waals surface area (Å²) in [6.07, 6.45) is -4.93. The predicted octanol–water partition coefficient (Wildman–Crippen LogP) is 5.69. The van der Waals surface area contributed by atoms with Crippen LogP contribution < -0.4 is 14.7 Å². The van der Waals surface area contributed by atoms with E-state index >= 15 is 0 Å². The maximum absolute atomic E-state index is 13.3. The van der Waals surface area contributed by atoms with Crippen LogP contribution in [0.5, 0.6) is 0 Å². The van der Waals surface area contributed by atoms with E-state index < -0.39 is 24.6 Å². The zero-order valence-electron chi connectivity index (χ0n) is 18.5. The van der Waals surface area contributed by atoms with Crippen molar-refractivity contribution in [2.45, 2.75) is 19.6 Å². The molecular weight excluding hydrogens is 438 g/mol. The zero-order valence-corrected chi connectivity index (χ0v) is 18.5. The minimum Gasteiger partial charge on any atom is -0.465 e. The molecule has 2 N–H and O–H groups in total. The Morgan fingerprint density at radius 2 is 1.03 bits per heavy atom. The molecule has 0 radical (unpaired) electrons. The summed E-state index contributed by atoms with van der Waals surface area (Å²) in [6, 6.07) is 24.2. The molecule has 0 saturated carbocycles. The molecule has 176 valence electrons. The summed E-state index contributed by atoms with van der Waals surface area (Å²) in [5.74, 6) is 0. The molecule has 0 fully saturated rings. The van der Waals surface area contributed by atoms with Gasteiger partial charge in [0.25, 0.3) is 0 Å². The van der Waals surface area contributed by atoms with E-state index in [1.807, 2.05) is 6.92 Å². The predicted molar refractivity (Wildman–Crippen MR) is 128 cm³/mol. The molecule has 34 heavy (non-hydrogen) atoms. The van der Waals surface area contributed by atoms with Gasteiger partial charge >= 0.3 is 18.3 Å². The fraction of sp³-hybridized carbons (Fsp3) is 0.160. The summed E-state index contributed by atoms with van der Waals surface area (Å²) >= 11 is 0. The number of carboxylic acid groups (broad SMARTS) is 2. The lowest BCUT2D eigenvalue weighted by Crippen LogP contribution is -2.64. The van der Waals surface area contributed by atoms with Crippen LogP contribution in [0.25, 0.3) is 0 Å². The first-order chi connectivity index (χ1) is 16.5. The molecule has 0 aliphatic carbocycles. The van der Waals surface area contributed by atoms with Gasteiger partial charge in [0.1, 0.15) is 0 Å². The lowest BCUT2D eigenvalue weighted by Gasteiger charge is -2.42. The molecule has 3 aromatic carbocycles. The van der Waals surface area contributed by atoms with E-state index in [-0.39, 0.29) is 23.7 Å². The van der Waals surface area contributed by atoms with Crippen LogP contribution >= 0.6 is 0 Å². The van der Waals surface area contributed by atoms with E-state index in [1.165, 1.54) is 24.3 Å². The van der Waals surface area contributed by atoms with Crippen molar-refractivity contribution in [3.8, 4) is 0 Å². The second-order valence-corrected chi connectivity index (χ2v) is 7.14. The Morgan fingerprint density at radius 3 is 1.35 bits per heavy atom. The SMILES string of the molecule is CCCOC(=O)N(c1ccccc1)C(N(C(=O)O)c1ccccc1)N(C(=O)O)c1ccccc1. The first kappa shape index (κ1) is 24.1. The van der Waals surface area contributed by atoms with Crippen molar-refractivity contribution in [1.29, 1.82) is 0 Å². The third kappa shape index (κ3) is 5.44. The van der Waals surface area contributed by atoms with Gasteiger partial charge < -0.3 is 14.9 Å². The third-order valence-corrected chi connectivity index (χ3v) is 4.83. The molecule has 3 amide bonds. The van der Waals surface area contributed by atoms with Gasteiger partial charge in [-0.05, 0) is 42.8 Å². The molecule has 9 nitrogen and oxygen atoms in total. The Kier molecular flexibility index (Phi) is 8.07. The Morgan fingerprint density at radius 1 is 0.676 bits per heavy atom. The number of amides is 3. The fourth-order valence-corrected chi connectivity index (χ4v) is 3.39. The highest BCUT2D eigenvalue weighted by atomic mass is 16.6. The van der Waals surface area contributed by atoms with Gasteiger partial charge in [-0.15, -0.1) is 0 Å². The van der Waals surface area contributed by atoms with Crippen molar-refractivity contribution in [2.24, 2.45) is 0 Å². The van der Waals surface area contributed by atoms with Gasteiger partial charge in [0.2, 0.25) is 6.29 Å². The molecular formula is C25H25N3O6. The maximum atomic E-state index is 13.3. The summed E-state index contributed by atoms with van der Waals surface area (Å²) in [5.41, 5.74) is 0.607. The van der Waals surface area contributed by atoms with E-state index in [0.29, 0.717) is 6.42 Å². The number of para-hydroxylation sites is 3. The van der Waals surface area contributed by atoms with Crippen LogP contribution in [0, 0.1) is 0 Å². The summed E-state index contributed by atoms with van der Waals surface area (Å²) in [5, 5.41) is 20.5. The second kappa shape index (κ2) is 11.4. The van der Waals surface area contributed by atoms with Crippen LogP contribution in [0.2, 0.25) is 0 Å². The lowest BCUT2D eigenvalue weighted by molar-refractivity contribution is 0.149. The van der Waals surface area contributed by atoms with Crippen molar-refractivity contribution >= 4 is 35.3 Å². The van der Waals surface area contributed by atoms with Crippen LogP contribution in [0.4, 0.5) is 31.4 Å². The first-order valence-electron chi connectivity index (χ1n) is 10.6. The van der Waals surface area contributed by atoms with Gasteiger partial charge in [-0.1, -0.05) is 61.5 Å². The number of ether oxygens (including phenoxy) is 1. The van der Waals surface area contributed by atoms with Crippen molar-refractivity contribution in [1.82, 2.24) is 0 Å². The van der Waals surface area contributed by atoms with Crippen LogP contribution in [-0.2, 0) is 4.74 Å². The first-order valence-corrected chi connectivity index (χ1v) is 10.6. The molecule has 0 aliphatic heterocycles. The largest absolute Gasteiger partial charge is 0.465 e. The molecule has 0 saturated heterocycles. The standard InChI is InChI=1S/C25H25N3O6/c1-2-18-34-25(33)28(21-16-10-5-11-17-21)22(26(23(29)30)19-12-6-3-7-13-19)27(24(31)32)20-14-8-4-9-15-20/h3-17,22H,2,18H2,1H3,(H,29,30)(H,31,32). The average molecular weight is 463 g/mol. The number of hydrogen-bond donors (Lipinski definition) is 2. The second-order valence-electron chi connectivity index (χ2n) is 7.14. The number of nitrogens with zero attached hydrogens (tertiary/aromatic N) is 3. The summed E-state index contributed by atoms with van der Waals surface area (Å²) in [7, 11) is 0. The highest BCUT2D eigenvalue weighted by molar-refractivity contribution is 5.99. The third-order valence-electron chi connectivity index (χ3n) is 4.83. The van der Waals surface area contributed by atoms with Crippen LogP contribution in [0.15, 0.2) is 91.0 Å². The summed E-state index contributed by atoms with van der Waals surface area (Å²) in [4.78, 5) is 41.2. The van der Waals surface area contributed by atoms with Crippen LogP contribution in [0.3, 0.4) is 0 Å². The number of carbonyl (C=O) groups is 3. The van der Waals surface area contributed by atoms with Crippen LogP contribution in [0.1, 0.15) is 13.3 Å². The van der Waals surface area contributed by atoms with Gasteiger partial charge in [-0.25, -0.2) is 29.1 Å². The quantitative estimate of drug-likeness (QED) is 0.415. The number of hydrogen-bond acceptors (Lipinski definition) is 4. The lowest BCUT2D eigenvalue weighted by atomic mass is 10.2. The normalized spacial score (nSPS) is 10.4. The topological polar surface area (TPSA) is 111 Å². The zero-order chi connectivity index (χ0) is 24.5. The molecule has 9 heteroatoms. The maximum Gasteiger partial charge on any atom is 0.417 e. The van der Waals surface area contributed by atoms with Gasteiger partial charge in [-0.3, -0.25) is 0 Å². The molecule has 0 bridgehead atoms. The molecule has 0 aliphatic rings. The molecule has 0 aromatic heterocycles. The van der Waals surface area contributed by atoms with E-state index in [2.05, 4.69) is 0 Å². The van der Waals surface area contributed by atoms with Crippen molar-refractivity contribution in [2.75, 3.05) is 21.3 Å². The molecule has 0 spiro atoms. The van der Waals surface area contributed by atoms with Gasteiger partial charge in [0, 0.05) is 0 Å². The molecule has 0 atom stereocenters. The van der Waals surface area contributed by atoms with Gasteiger partial charge in [0.05, 0.1) is 23.7 Å². The number of anilines is 3. The van der Waals surface area contributed by atoms with Crippen molar-refractivity contribution in [3.05, 3.63) is 91.0 Å². The number of benzene rings is 3. The van der Waals surface area contributed by atoms with Crippen molar-refractivity contribution < 1.29 is 29.3 Å². The average Bonchev–Trinajstić information content (AvgIpc) is 2.84. The minimum absolute atomic E-state index is 0.0751. The monoisotopic (exact) mass is 463 g/mol. The number of rotatable bonds is 8.